The van der Waals surface area contributed by atoms with E-state index in [9.17, 15) is 14.3 Å². The van der Waals surface area contributed by atoms with Gasteiger partial charge in [0.15, 0.2) is 6.23 Å². The van der Waals surface area contributed by atoms with Gasteiger partial charge in [0.1, 0.15) is 5.82 Å². The fourth-order valence-corrected chi connectivity index (χ4v) is 1.61. The van der Waals surface area contributed by atoms with E-state index in [1.165, 1.54) is 24.1 Å². The second-order valence-corrected chi connectivity index (χ2v) is 3.48. The summed E-state index contributed by atoms with van der Waals surface area (Å²) in [6, 6.07) is 2.69. The van der Waals surface area contributed by atoms with Crippen molar-refractivity contribution < 1.29 is 14.3 Å². The second-order valence-electron chi connectivity index (χ2n) is 3.48. The highest BCUT2D eigenvalue weighted by Crippen LogP contribution is 2.31. The van der Waals surface area contributed by atoms with Crippen molar-refractivity contribution in [2.45, 2.75) is 13.2 Å². The van der Waals surface area contributed by atoms with E-state index in [2.05, 4.69) is 0 Å². The van der Waals surface area contributed by atoms with E-state index in [1.54, 1.807) is 6.92 Å². The van der Waals surface area contributed by atoms with E-state index in [0.29, 0.717) is 11.1 Å². The van der Waals surface area contributed by atoms with Crippen LogP contribution in [-0.4, -0.2) is 23.0 Å². The molecule has 1 unspecified atom stereocenters. The van der Waals surface area contributed by atoms with Gasteiger partial charge in [0, 0.05) is 12.6 Å². The van der Waals surface area contributed by atoms with Crippen molar-refractivity contribution in [2.75, 3.05) is 7.05 Å². The molecule has 0 fully saturated rings. The number of benzene rings is 1. The van der Waals surface area contributed by atoms with Gasteiger partial charge in [-0.15, -0.1) is 0 Å². The lowest BCUT2D eigenvalue weighted by molar-refractivity contribution is 0.0301. The van der Waals surface area contributed by atoms with Crippen LogP contribution in [0.2, 0.25) is 0 Å². The van der Waals surface area contributed by atoms with Crippen molar-refractivity contribution in [2.24, 2.45) is 0 Å². The number of aliphatic hydroxyl groups is 1. The monoisotopic (exact) mass is 195 g/mol. The number of hydrogen-bond donors (Lipinski definition) is 1. The number of halogens is 1. The Hall–Kier alpha value is -1.42. The van der Waals surface area contributed by atoms with Gasteiger partial charge in [0.25, 0.3) is 5.91 Å². The third-order valence-corrected chi connectivity index (χ3v) is 2.53. The van der Waals surface area contributed by atoms with E-state index >= 15 is 0 Å². The highest BCUT2D eigenvalue weighted by atomic mass is 19.1. The lowest BCUT2D eigenvalue weighted by Crippen LogP contribution is -2.22. The van der Waals surface area contributed by atoms with Crippen LogP contribution in [0.1, 0.15) is 27.7 Å². The summed E-state index contributed by atoms with van der Waals surface area (Å²) in [5.74, 6) is -0.758. The Balaban J connectivity index is 2.65. The number of aryl methyl sites for hydroxylation is 1. The lowest BCUT2D eigenvalue weighted by atomic mass is 10.1. The van der Waals surface area contributed by atoms with Gasteiger partial charge in [-0.1, -0.05) is 0 Å². The Morgan fingerprint density at radius 2 is 2.14 bits per heavy atom. The zero-order valence-corrected chi connectivity index (χ0v) is 7.91. The molecule has 0 radical (unpaired) electrons. The summed E-state index contributed by atoms with van der Waals surface area (Å²) in [6.07, 6.45) is -0.947. The molecule has 14 heavy (non-hydrogen) atoms. The quantitative estimate of drug-likeness (QED) is 0.676. The van der Waals surface area contributed by atoms with Crippen molar-refractivity contribution in [1.82, 2.24) is 4.90 Å². The smallest absolute Gasteiger partial charge is 0.256 e. The van der Waals surface area contributed by atoms with Gasteiger partial charge < -0.3 is 10.0 Å². The fraction of sp³-hybridized carbons (Fsp3) is 0.300. The summed E-state index contributed by atoms with van der Waals surface area (Å²) in [5, 5.41) is 9.62. The Morgan fingerprint density at radius 3 is 2.79 bits per heavy atom. The van der Waals surface area contributed by atoms with Gasteiger partial charge in [0.05, 0.1) is 5.56 Å². The standard InChI is InChI=1S/C10H10FNO2/c1-5-3-6-7(4-8(5)11)10(14)12(2)9(6)13/h3-4,9,13H,1-2H3. The molecule has 0 saturated heterocycles. The Bertz CT molecular complexity index is 417. The van der Waals surface area contributed by atoms with Crippen LogP contribution >= 0.6 is 0 Å². The minimum atomic E-state index is -0.947. The van der Waals surface area contributed by atoms with Crippen molar-refractivity contribution >= 4 is 5.91 Å². The number of fused-ring (bicyclic) bond motifs is 1. The van der Waals surface area contributed by atoms with E-state index < -0.39 is 12.0 Å². The summed E-state index contributed by atoms with van der Waals surface area (Å²) in [5.41, 5.74) is 1.17. The first-order chi connectivity index (χ1) is 6.52. The largest absolute Gasteiger partial charge is 0.369 e. The van der Waals surface area contributed by atoms with Crippen molar-refractivity contribution in [3.05, 3.63) is 34.6 Å². The topological polar surface area (TPSA) is 40.5 Å². The van der Waals surface area contributed by atoms with Crippen LogP contribution in [0.5, 0.6) is 0 Å². The van der Waals surface area contributed by atoms with Crippen LogP contribution in [0.15, 0.2) is 12.1 Å². The molecule has 2 rings (SSSR count). The molecule has 3 nitrogen and oxygen atoms in total. The van der Waals surface area contributed by atoms with Gasteiger partial charge in [-0.3, -0.25) is 4.79 Å². The summed E-state index contributed by atoms with van der Waals surface area (Å²) in [4.78, 5) is 12.7. The highest BCUT2D eigenvalue weighted by molar-refractivity contribution is 5.98. The number of aliphatic hydroxyl groups excluding tert-OH is 1. The maximum Gasteiger partial charge on any atom is 0.256 e. The fourth-order valence-electron chi connectivity index (χ4n) is 1.61. The Kier molecular flexibility index (Phi) is 1.82. The number of rotatable bonds is 0. The Morgan fingerprint density at radius 1 is 1.50 bits per heavy atom. The number of hydrogen-bond acceptors (Lipinski definition) is 2. The average molecular weight is 195 g/mol. The minimum absolute atomic E-state index is 0.253. The predicted octanol–water partition coefficient (Wildman–Crippen LogP) is 1.21. The third kappa shape index (κ3) is 1.04. The summed E-state index contributed by atoms with van der Waals surface area (Å²) in [6.45, 7) is 1.60. The molecule has 4 heteroatoms. The van der Waals surface area contributed by atoms with Crippen molar-refractivity contribution in [3.63, 3.8) is 0 Å². The van der Waals surface area contributed by atoms with Crippen molar-refractivity contribution in [1.29, 1.82) is 0 Å². The second kappa shape index (κ2) is 2.78. The first kappa shape index (κ1) is 9.15. The number of carbonyl (C=O) groups is 1. The van der Waals surface area contributed by atoms with E-state index in [4.69, 9.17) is 0 Å². The molecule has 1 atom stereocenters. The van der Waals surface area contributed by atoms with Gasteiger partial charge in [-0.25, -0.2) is 4.39 Å². The number of carbonyl (C=O) groups excluding carboxylic acids is 1. The lowest BCUT2D eigenvalue weighted by Gasteiger charge is -2.13. The molecule has 0 aromatic heterocycles. The molecule has 1 heterocycles. The maximum absolute atomic E-state index is 13.1. The van der Waals surface area contributed by atoms with E-state index in [0.717, 1.165) is 0 Å². The van der Waals surface area contributed by atoms with Crippen LogP contribution in [0, 0.1) is 12.7 Å². The summed E-state index contributed by atoms with van der Waals surface area (Å²) < 4.78 is 13.1. The molecule has 1 amide bonds. The Labute approximate surface area is 80.8 Å². The van der Waals surface area contributed by atoms with Crippen LogP contribution in [-0.2, 0) is 0 Å². The highest BCUT2D eigenvalue weighted by Gasteiger charge is 2.33. The predicted molar refractivity (Wildman–Crippen MR) is 48.2 cm³/mol. The van der Waals surface area contributed by atoms with Crippen LogP contribution in [0.3, 0.4) is 0 Å². The molecule has 0 saturated carbocycles. The molecular formula is C10H10FNO2. The molecular weight excluding hydrogens is 185 g/mol. The molecule has 1 aliphatic heterocycles. The molecule has 1 aromatic rings. The molecule has 0 aliphatic carbocycles. The maximum atomic E-state index is 13.1. The zero-order chi connectivity index (χ0) is 10.5. The first-order valence-corrected chi connectivity index (χ1v) is 4.27. The molecule has 1 aromatic carbocycles. The van der Waals surface area contributed by atoms with Gasteiger partial charge in [-0.05, 0) is 24.6 Å². The summed E-state index contributed by atoms with van der Waals surface area (Å²) in [7, 11) is 1.49. The van der Waals surface area contributed by atoms with Gasteiger partial charge in [0.2, 0.25) is 0 Å². The number of amides is 1. The van der Waals surface area contributed by atoms with Crippen LogP contribution in [0.25, 0.3) is 0 Å². The van der Waals surface area contributed by atoms with Gasteiger partial charge >= 0.3 is 0 Å². The molecule has 1 aliphatic rings. The van der Waals surface area contributed by atoms with Crippen molar-refractivity contribution in [3.8, 4) is 0 Å². The molecule has 1 N–H and O–H groups in total. The third-order valence-electron chi connectivity index (χ3n) is 2.53. The SMILES string of the molecule is Cc1cc2c(cc1F)C(=O)N(C)C2O. The van der Waals surface area contributed by atoms with Crippen LogP contribution in [0.4, 0.5) is 4.39 Å². The molecule has 74 valence electrons. The first-order valence-electron chi connectivity index (χ1n) is 4.27. The zero-order valence-electron chi connectivity index (χ0n) is 7.91. The van der Waals surface area contributed by atoms with Crippen LogP contribution < -0.4 is 0 Å². The van der Waals surface area contributed by atoms with E-state index in [1.807, 2.05) is 0 Å². The average Bonchev–Trinajstić information content (AvgIpc) is 2.34. The molecule has 0 spiro atoms. The molecule has 0 bridgehead atoms. The number of nitrogens with zero attached hydrogens (tertiary/aromatic N) is 1. The summed E-state index contributed by atoms with van der Waals surface area (Å²) >= 11 is 0. The van der Waals surface area contributed by atoms with Gasteiger partial charge in [-0.2, -0.15) is 0 Å². The minimum Gasteiger partial charge on any atom is -0.369 e. The van der Waals surface area contributed by atoms with E-state index in [-0.39, 0.29) is 11.5 Å². The normalized spacial score (nSPS) is 20.1.